The molecule has 0 heterocycles. The highest BCUT2D eigenvalue weighted by molar-refractivity contribution is 6.61. The molecule has 0 spiro atoms. The topological polar surface area (TPSA) is 190 Å². The Morgan fingerprint density at radius 1 is 0.673 bits per heavy atom. The highest BCUT2D eigenvalue weighted by Crippen LogP contribution is 2.33. The molecule has 14 heteroatoms. The quantitative estimate of drug-likeness (QED) is 0.0674. The predicted octanol–water partition coefficient (Wildman–Crippen LogP) is 4.45. The zero-order valence-corrected chi connectivity index (χ0v) is 26.4. The van der Waals surface area contributed by atoms with Crippen molar-refractivity contribution in [1.29, 1.82) is 0 Å². The number of anilines is 1. The Labute approximate surface area is 286 Å². The Kier molecular flexibility index (Phi) is 12.4. The minimum absolute atomic E-state index is 0. The number of nitrogen functional groups attached to an aromatic ring is 1. The fourth-order valence-electron chi connectivity index (χ4n) is 5.09. The third-order valence-corrected chi connectivity index (χ3v) is 7.28. The number of benzene rings is 4. The molecule has 0 amide bonds. The van der Waals surface area contributed by atoms with E-state index in [4.69, 9.17) is 22.1 Å². The molecular weight excluding hydrogens is 655 g/mol. The lowest BCUT2D eigenvalue weighted by Gasteiger charge is -2.18. The molecule has 49 heavy (non-hydrogen) atoms. The lowest BCUT2D eigenvalue weighted by atomic mass is 9.82. The van der Waals surface area contributed by atoms with E-state index in [2.05, 4.69) is 4.74 Å². The first kappa shape index (κ1) is 37.5. The van der Waals surface area contributed by atoms with Crippen LogP contribution >= 0.6 is 11.6 Å². The number of carbonyl (C=O) groups excluding carboxylic acids is 6. The zero-order valence-electron chi connectivity index (χ0n) is 25.6. The molecule has 0 fully saturated rings. The monoisotopic (exact) mass is 685 g/mol. The van der Waals surface area contributed by atoms with Gasteiger partial charge in [0, 0.05) is 73.4 Å². The van der Waals surface area contributed by atoms with E-state index in [9.17, 15) is 38.9 Å². The number of rotatable bonds is 5. The Bertz CT molecular complexity index is 2010. The summed E-state index contributed by atoms with van der Waals surface area (Å²) < 4.78 is 8.98. The summed E-state index contributed by atoms with van der Waals surface area (Å²) >= 11 is 4.72. The highest BCUT2D eigenvalue weighted by Gasteiger charge is 2.33. The van der Waals surface area contributed by atoms with E-state index in [1.54, 1.807) is 68.4 Å². The molecule has 12 nitrogen and oxygen atoms in total. The molecular formula is C35H31BClN2O10-. The number of nitrogens with zero attached hydrogens (tertiary/aromatic N) is 1. The molecule has 252 valence electrons. The number of fused-ring (bicyclic) bond motifs is 4. The van der Waals surface area contributed by atoms with Crippen LogP contribution in [0.4, 0.5) is 16.2 Å². The first-order valence-corrected chi connectivity index (χ1v) is 14.8. The van der Waals surface area contributed by atoms with Gasteiger partial charge in [-0.05, 0) is 38.1 Å². The van der Waals surface area contributed by atoms with Gasteiger partial charge in [-0.2, -0.15) is 0 Å². The van der Waals surface area contributed by atoms with Crippen molar-refractivity contribution >= 4 is 65.9 Å². The van der Waals surface area contributed by atoms with Crippen molar-refractivity contribution in [3.63, 3.8) is 0 Å². The Hall–Kier alpha value is -5.95. The number of carbonyl (C=O) groups is 6. The van der Waals surface area contributed by atoms with Gasteiger partial charge in [0.1, 0.15) is 0 Å². The Balaban J connectivity index is 0.000000234. The van der Waals surface area contributed by atoms with E-state index in [1.807, 2.05) is 0 Å². The molecule has 4 aromatic rings. The lowest BCUT2D eigenvalue weighted by molar-refractivity contribution is -0.385. The number of ketones is 4. The molecule has 0 bridgehead atoms. The van der Waals surface area contributed by atoms with Crippen molar-refractivity contribution < 1.29 is 43.2 Å². The standard InChI is InChI=1S/C18H13NO6.C14H9NO2.C3H5ClO2.BH4/c1-2-25-16(20)8-10-7-13-14(9-15(10)19(23)24)18(22)12-6-4-3-5-11(12)17(13)21;15-8-5-6-11-12(7-8)14(17)10-4-2-1-3-9(10)13(11)16;1-2-6-3(4)5;/h3-7,9H,2,8H2,1H3;1-7H,15H2;2H2,1H3;1H4/q;;;-1. The van der Waals surface area contributed by atoms with Crippen LogP contribution in [0.15, 0.2) is 78.9 Å². The van der Waals surface area contributed by atoms with Crippen molar-refractivity contribution in [3.05, 3.63) is 139 Å². The first-order chi connectivity index (χ1) is 22.9. The van der Waals surface area contributed by atoms with Crippen LogP contribution in [-0.4, -0.2) is 61.1 Å². The smallest absolute Gasteiger partial charge is 0.403 e. The van der Waals surface area contributed by atoms with Crippen LogP contribution in [0.2, 0.25) is 0 Å². The number of hydrogen-bond donors (Lipinski definition) is 1. The Morgan fingerprint density at radius 3 is 1.49 bits per heavy atom. The minimum Gasteiger partial charge on any atom is -0.466 e. The number of ether oxygens (including phenoxy) is 2. The van der Waals surface area contributed by atoms with E-state index in [-0.39, 0.29) is 66.5 Å². The average molecular weight is 686 g/mol. The van der Waals surface area contributed by atoms with Gasteiger partial charge in [0.25, 0.3) is 5.69 Å². The molecule has 2 N–H and O–H groups in total. The van der Waals surface area contributed by atoms with Gasteiger partial charge in [-0.3, -0.25) is 34.1 Å². The average Bonchev–Trinajstić information content (AvgIpc) is 3.06. The van der Waals surface area contributed by atoms with E-state index in [1.165, 1.54) is 18.2 Å². The lowest BCUT2D eigenvalue weighted by Crippen LogP contribution is -2.22. The summed E-state index contributed by atoms with van der Waals surface area (Å²) in [6.45, 7) is 3.81. The number of nitro benzene ring substituents is 1. The molecule has 4 aromatic carbocycles. The molecule has 2 aliphatic carbocycles. The third kappa shape index (κ3) is 8.14. The molecule has 0 saturated carbocycles. The molecule has 0 radical (unpaired) electrons. The van der Waals surface area contributed by atoms with Gasteiger partial charge in [-0.25, -0.2) is 4.79 Å². The zero-order chi connectivity index (χ0) is 35.1. The van der Waals surface area contributed by atoms with E-state index in [0.717, 1.165) is 6.07 Å². The second-order valence-corrected chi connectivity index (χ2v) is 10.5. The van der Waals surface area contributed by atoms with Crippen LogP contribution in [0, 0.1) is 10.1 Å². The summed E-state index contributed by atoms with van der Waals surface area (Å²) in [7, 11) is 0. The predicted molar refractivity (Wildman–Crippen MR) is 185 cm³/mol. The van der Waals surface area contributed by atoms with E-state index < -0.39 is 27.9 Å². The summed E-state index contributed by atoms with van der Waals surface area (Å²) in [5.41, 5.74) is 7.31. The van der Waals surface area contributed by atoms with Crippen molar-refractivity contribution in [2.24, 2.45) is 0 Å². The van der Waals surface area contributed by atoms with Crippen molar-refractivity contribution in [3.8, 4) is 0 Å². The van der Waals surface area contributed by atoms with E-state index >= 15 is 0 Å². The first-order valence-electron chi connectivity index (χ1n) is 14.4. The molecule has 6 rings (SSSR count). The largest absolute Gasteiger partial charge is 0.466 e. The maximum Gasteiger partial charge on any atom is 0.403 e. The van der Waals surface area contributed by atoms with Crippen LogP contribution in [0.1, 0.15) is 83.1 Å². The molecule has 2 aliphatic rings. The normalized spacial score (nSPS) is 11.8. The molecule has 0 unspecified atom stereocenters. The summed E-state index contributed by atoms with van der Waals surface area (Å²) in [6.07, 6.45) is -0.347. The summed E-state index contributed by atoms with van der Waals surface area (Å²) in [5.74, 6) is -1.74. The third-order valence-electron chi connectivity index (χ3n) is 7.17. The number of hydrogen-bond acceptors (Lipinski definition) is 11. The minimum atomic E-state index is -0.738. The maximum absolute atomic E-state index is 12.7. The number of esters is 1. The van der Waals surface area contributed by atoms with Gasteiger partial charge in [0.15, 0.2) is 23.1 Å². The van der Waals surface area contributed by atoms with Crippen molar-refractivity contribution in [1.82, 2.24) is 0 Å². The summed E-state index contributed by atoms with van der Waals surface area (Å²) in [6, 6.07) is 20.3. The Morgan fingerprint density at radius 2 is 1.08 bits per heavy atom. The number of halogens is 1. The van der Waals surface area contributed by atoms with Gasteiger partial charge >= 0.3 is 11.4 Å². The maximum atomic E-state index is 12.7. The van der Waals surface area contributed by atoms with Crippen molar-refractivity contribution in [2.75, 3.05) is 18.9 Å². The van der Waals surface area contributed by atoms with E-state index in [0.29, 0.717) is 34.5 Å². The molecule has 0 atom stereocenters. The number of nitrogens with two attached hydrogens (primary N) is 1. The summed E-state index contributed by atoms with van der Waals surface area (Å²) in [4.78, 5) is 81.6. The number of nitro groups is 1. The van der Waals surface area contributed by atoms with Gasteiger partial charge in [-0.1, -0.05) is 56.9 Å². The molecule has 0 aromatic heterocycles. The van der Waals surface area contributed by atoms with Crippen LogP contribution in [0.3, 0.4) is 0 Å². The summed E-state index contributed by atoms with van der Waals surface area (Å²) in [5, 5.41) is 11.3. The van der Waals surface area contributed by atoms with Crippen molar-refractivity contribution in [2.45, 2.75) is 20.3 Å². The van der Waals surface area contributed by atoms with Gasteiger partial charge < -0.3 is 15.2 Å². The highest BCUT2D eigenvalue weighted by atomic mass is 35.5. The fraction of sp³-hybridized carbons (Fsp3) is 0.143. The van der Waals surface area contributed by atoms with Crippen LogP contribution in [-0.2, 0) is 20.7 Å². The molecule has 0 aliphatic heterocycles. The molecule has 0 saturated heterocycles. The van der Waals surface area contributed by atoms with Gasteiger partial charge in [0.05, 0.1) is 24.6 Å². The van der Waals surface area contributed by atoms with Crippen LogP contribution < -0.4 is 5.73 Å². The van der Waals surface area contributed by atoms with Crippen LogP contribution in [0.5, 0.6) is 0 Å². The van der Waals surface area contributed by atoms with Crippen LogP contribution in [0.25, 0.3) is 0 Å². The second-order valence-electron chi connectivity index (χ2n) is 10.1. The van der Waals surface area contributed by atoms with Gasteiger partial charge in [-0.15, -0.1) is 0 Å². The fourth-order valence-corrected chi connectivity index (χ4v) is 5.20. The SMILES string of the molecule is CCOC(=O)Cc1cc2c(cc1[N+](=O)[O-])C(=O)c1ccccc1C2=O.CCOC(=O)Cl.Nc1ccc2c(c1)C(=O)c1ccccc1C2=O.[BH4-]. The van der Waals surface area contributed by atoms with Gasteiger partial charge in [0.2, 0.25) is 0 Å². The second kappa shape index (κ2) is 16.2.